The van der Waals surface area contributed by atoms with Gasteiger partial charge in [0.05, 0.1) is 21.3 Å². The van der Waals surface area contributed by atoms with E-state index in [-0.39, 0.29) is 6.04 Å². The largest absolute Gasteiger partial charge is 0.493 e. The van der Waals surface area contributed by atoms with Gasteiger partial charge in [0.1, 0.15) is 0 Å². The molecule has 2 N–H and O–H groups in total. The maximum Gasteiger partial charge on any atom is 0.203 e. The first-order chi connectivity index (χ1) is 11.7. The molecule has 0 fully saturated rings. The third-order valence-corrected chi connectivity index (χ3v) is 4.40. The zero-order chi connectivity index (χ0) is 17.8. The maximum absolute atomic E-state index is 6.31. The van der Waals surface area contributed by atoms with Crippen LogP contribution in [-0.2, 0) is 6.42 Å². The molecule has 0 amide bonds. The van der Waals surface area contributed by atoms with E-state index in [9.17, 15) is 0 Å². The van der Waals surface area contributed by atoms with Crippen molar-refractivity contribution in [3.05, 3.63) is 17.7 Å². The van der Waals surface area contributed by atoms with E-state index in [2.05, 4.69) is 6.92 Å². The first-order valence-corrected chi connectivity index (χ1v) is 9.20. The first-order valence-electron chi connectivity index (χ1n) is 9.20. The van der Waals surface area contributed by atoms with Crippen LogP contribution < -0.4 is 19.9 Å². The topological polar surface area (TPSA) is 53.7 Å². The van der Waals surface area contributed by atoms with Crippen molar-refractivity contribution in [2.24, 2.45) is 5.73 Å². The third-order valence-electron chi connectivity index (χ3n) is 4.40. The summed E-state index contributed by atoms with van der Waals surface area (Å²) in [5.74, 6) is 2.01. The number of methoxy groups -OCH3 is 3. The van der Waals surface area contributed by atoms with Crippen molar-refractivity contribution in [1.29, 1.82) is 0 Å². The number of hydrogen-bond acceptors (Lipinski definition) is 4. The van der Waals surface area contributed by atoms with E-state index in [1.165, 1.54) is 44.9 Å². The summed E-state index contributed by atoms with van der Waals surface area (Å²) in [5, 5.41) is 0. The van der Waals surface area contributed by atoms with Crippen LogP contribution in [0.2, 0.25) is 0 Å². The molecule has 138 valence electrons. The molecule has 0 spiro atoms. The molecule has 0 aromatic heterocycles. The van der Waals surface area contributed by atoms with E-state index in [0.29, 0.717) is 17.2 Å². The van der Waals surface area contributed by atoms with E-state index in [0.717, 1.165) is 18.4 Å². The summed E-state index contributed by atoms with van der Waals surface area (Å²) < 4.78 is 16.2. The molecular weight excluding hydrogens is 302 g/mol. The minimum absolute atomic E-state index is 0.170. The van der Waals surface area contributed by atoms with E-state index in [1.54, 1.807) is 21.3 Å². The first kappa shape index (κ1) is 20.6. The zero-order valence-corrected chi connectivity index (χ0v) is 15.9. The Morgan fingerprint density at radius 2 is 1.38 bits per heavy atom. The van der Waals surface area contributed by atoms with Gasteiger partial charge in [0.25, 0.3) is 0 Å². The molecule has 4 heteroatoms. The molecule has 4 nitrogen and oxygen atoms in total. The van der Waals surface area contributed by atoms with Gasteiger partial charge in [-0.1, -0.05) is 51.9 Å². The Kier molecular flexibility index (Phi) is 10.3. The van der Waals surface area contributed by atoms with Gasteiger partial charge in [0.2, 0.25) is 5.75 Å². The van der Waals surface area contributed by atoms with E-state index in [4.69, 9.17) is 19.9 Å². The van der Waals surface area contributed by atoms with Gasteiger partial charge in [-0.3, -0.25) is 0 Å². The molecule has 0 heterocycles. The van der Waals surface area contributed by atoms with Crippen molar-refractivity contribution in [2.45, 2.75) is 70.8 Å². The molecule has 0 bridgehead atoms. The number of nitrogens with two attached hydrogens (primary N) is 1. The summed E-state index contributed by atoms with van der Waals surface area (Å²) in [6.45, 7) is 2.25. The Morgan fingerprint density at radius 1 is 0.833 bits per heavy atom. The Hall–Kier alpha value is -1.42. The van der Waals surface area contributed by atoms with Crippen LogP contribution in [0.5, 0.6) is 17.2 Å². The molecule has 0 saturated heterocycles. The lowest BCUT2D eigenvalue weighted by Gasteiger charge is -2.16. The molecule has 0 saturated carbocycles. The molecule has 0 radical (unpaired) electrons. The van der Waals surface area contributed by atoms with Crippen molar-refractivity contribution in [3.8, 4) is 17.2 Å². The summed E-state index contributed by atoms with van der Waals surface area (Å²) >= 11 is 0. The highest BCUT2D eigenvalue weighted by molar-refractivity contribution is 5.53. The van der Waals surface area contributed by atoms with Crippen molar-refractivity contribution in [2.75, 3.05) is 21.3 Å². The quantitative estimate of drug-likeness (QED) is 0.529. The molecule has 24 heavy (non-hydrogen) atoms. The minimum atomic E-state index is 0.170. The molecule has 1 aromatic carbocycles. The standard InChI is InChI=1S/C20H35NO3/c1-5-6-7-8-9-10-11-12-17(21)13-16-14-18(22-2)20(24-4)19(15-16)23-3/h14-15,17H,5-13,21H2,1-4H3. The smallest absolute Gasteiger partial charge is 0.203 e. The molecule has 1 rings (SSSR count). The minimum Gasteiger partial charge on any atom is -0.493 e. The normalized spacial score (nSPS) is 12.0. The lowest BCUT2D eigenvalue weighted by Crippen LogP contribution is -2.22. The predicted octanol–water partition coefficient (Wildman–Crippen LogP) is 4.72. The van der Waals surface area contributed by atoms with Crippen LogP contribution in [0.15, 0.2) is 12.1 Å². The van der Waals surface area contributed by atoms with Crippen LogP contribution in [-0.4, -0.2) is 27.4 Å². The van der Waals surface area contributed by atoms with Crippen LogP contribution >= 0.6 is 0 Å². The van der Waals surface area contributed by atoms with Crippen LogP contribution in [0.1, 0.15) is 63.9 Å². The van der Waals surface area contributed by atoms with Crippen LogP contribution in [0.25, 0.3) is 0 Å². The summed E-state index contributed by atoms with van der Waals surface area (Å²) in [4.78, 5) is 0. The highest BCUT2D eigenvalue weighted by Gasteiger charge is 2.14. The molecule has 1 atom stereocenters. The van der Waals surface area contributed by atoms with E-state index < -0.39 is 0 Å². The lowest BCUT2D eigenvalue weighted by atomic mass is 9.99. The van der Waals surface area contributed by atoms with Gasteiger partial charge in [-0.25, -0.2) is 0 Å². The maximum atomic E-state index is 6.31. The molecular formula is C20H35NO3. The SMILES string of the molecule is CCCCCCCCCC(N)Cc1cc(OC)c(OC)c(OC)c1. The number of hydrogen-bond donors (Lipinski definition) is 1. The van der Waals surface area contributed by atoms with Crippen LogP contribution in [0.3, 0.4) is 0 Å². The van der Waals surface area contributed by atoms with Gasteiger partial charge in [-0.15, -0.1) is 0 Å². The van der Waals surface area contributed by atoms with Crippen molar-refractivity contribution < 1.29 is 14.2 Å². The Balaban J connectivity index is 2.44. The van der Waals surface area contributed by atoms with Crippen LogP contribution in [0.4, 0.5) is 0 Å². The van der Waals surface area contributed by atoms with Crippen molar-refractivity contribution >= 4 is 0 Å². The van der Waals surface area contributed by atoms with E-state index >= 15 is 0 Å². The molecule has 1 aromatic rings. The van der Waals surface area contributed by atoms with Crippen molar-refractivity contribution in [3.63, 3.8) is 0 Å². The number of benzene rings is 1. The van der Waals surface area contributed by atoms with E-state index in [1.807, 2.05) is 12.1 Å². The highest BCUT2D eigenvalue weighted by Crippen LogP contribution is 2.38. The number of ether oxygens (including phenoxy) is 3. The predicted molar refractivity (Wildman–Crippen MR) is 100 cm³/mol. The van der Waals surface area contributed by atoms with Gasteiger partial charge in [0, 0.05) is 6.04 Å². The fourth-order valence-corrected chi connectivity index (χ4v) is 3.02. The van der Waals surface area contributed by atoms with Gasteiger partial charge in [-0.2, -0.15) is 0 Å². The average Bonchev–Trinajstić information content (AvgIpc) is 2.59. The number of unbranched alkanes of at least 4 members (excludes halogenated alkanes) is 6. The fraction of sp³-hybridized carbons (Fsp3) is 0.700. The van der Waals surface area contributed by atoms with Gasteiger partial charge in [-0.05, 0) is 30.5 Å². The summed E-state index contributed by atoms with van der Waals surface area (Å²) in [7, 11) is 4.89. The van der Waals surface area contributed by atoms with Gasteiger partial charge in [0.15, 0.2) is 11.5 Å². The second kappa shape index (κ2) is 12.0. The summed E-state index contributed by atoms with van der Waals surface area (Å²) in [6.07, 6.45) is 11.1. The lowest BCUT2D eigenvalue weighted by molar-refractivity contribution is 0.323. The molecule has 1 unspecified atom stereocenters. The molecule has 0 aliphatic heterocycles. The highest BCUT2D eigenvalue weighted by atomic mass is 16.5. The zero-order valence-electron chi connectivity index (χ0n) is 15.9. The monoisotopic (exact) mass is 337 g/mol. The second-order valence-corrected chi connectivity index (χ2v) is 6.41. The van der Waals surface area contributed by atoms with Crippen LogP contribution in [0, 0.1) is 0 Å². The Labute approximate surface area is 147 Å². The third kappa shape index (κ3) is 7.00. The average molecular weight is 338 g/mol. The van der Waals surface area contributed by atoms with Crippen molar-refractivity contribution in [1.82, 2.24) is 0 Å². The number of rotatable bonds is 13. The molecule has 0 aliphatic carbocycles. The summed E-state index contributed by atoms with van der Waals surface area (Å²) in [6, 6.07) is 4.15. The van der Waals surface area contributed by atoms with Gasteiger partial charge >= 0.3 is 0 Å². The Bertz CT molecular complexity index is 437. The summed E-state index contributed by atoms with van der Waals surface area (Å²) in [5.41, 5.74) is 7.43. The Morgan fingerprint density at radius 3 is 1.88 bits per heavy atom. The second-order valence-electron chi connectivity index (χ2n) is 6.41. The fourth-order valence-electron chi connectivity index (χ4n) is 3.02. The van der Waals surface area contributed by atoms with Gasteiger partial charge < -0.3 is 19.9 Å². The molecule has 0 aliphatic rings.